The molecule has 128 valence electrons. The summed E-state index contributed by atoms with van der Waals surface area (Å²) in [7, 11) is 0. The van der Waals surface area contributed by atoms with Crippen molar-refractivity contribution in [1.29, 1.82) is 0 Å². The van der Waals surface area contributed by atoms with Gasteiger partial charge in [-0.1, -0.05) is 49.1 Å². The zero-order valence-electron chi connectivity index (χ0n) is 13.8. The summed E-state index contributed by atoms with van der Waals surface area (Å²) in [5.74, 6) is 1.62. The van der Waals surface area contributed by atoms with Crippen LogP contribution < -0.4 is 10.1 Å². The fourth-order valence-corrected chi connectivity index (χ4v) is 3.40. The first kappa shape index (κ1) is 18.5. The molecule has 0 aliphatic heterocycles. The highest BCUT2D eigenvalue weighted by molar-refractivity contribution is 8.01. The Kier molecular flexibility index (Phi) is 7.77. The number of hydrogen-bond donors (Lipinski definition) is 1. The van der Waals surface area contributed by atoms with Gasteiger partial charge in [-0.2, -0.15) is 0 Å². The van der Waals surface area contributed by atoms with Gasteiger partial charge in [-0.15, -0.1) is 10.2 Å². The predicted molar refractivity (Wildman–Crippen MR) is 101 cm³/mol. The van der Waals surface area contributed by atoms with Gasteiger partial charge in [-0.05, 0) is 36.6 Å². The lowest BCUT2D eigenvalue weighted by molar-refractivity contribution is -0.111. The average molecular weight is 364 g/mol. The summed E-state index contributed by atoms with van der Waals surface area (Å²) in [5, 5.41) is 11.3. The van der Waals surface area contributed by atoms with Crippen LogP contribution in [0.1, 0.15) is 32.3 Å². The van der Waals surface area contributed by atoms with E-state index in [4.69, 9.17) is 4.74 Å². The summed E-state index contributed by atoms with van der Waals surface area (Å²) in [6.45, 7) is 4.89. The first-order valence-corrected chi connectivity index (χ1v) is 9.69. The quantitative estimate of drug-likeness (QED) is 0.404. The van der Waals surface area contributed by atoms with E-state index in [0.717, 1.165) is 34.2 Å². The molecule has 0 bridgehead atoms. The minimum atomic E-state index is -0.218. The maximum absolute atomic E-state index is 11.9. The van der Waals surface area contributed by atoms with E-state index in [1.165, 1.54) is 17.4 Å². The number of anilines is 1. The Morgan fingerprint density at radius 1 is 1.25 bits per heavy atom. The van der Waals surface area contributed by atoms with Crippen LogP contribution in [0.4, 0.5) is 5.13 Å². The van der Waals surface area contributed by atoms with Crippen LogP contribution >= 0.6 is 23.1 Å². The van der Waals surface area contributed by atoms with Crippen LogP contribution in [0.2, 0.25) is 0 Å². The number of nitrogens with one attached hydrogen (secondary N) is 1. The number of hydrogen-bond acceptors (Lipinski definition) is 6. The number of thioether (sulfide) groups is 1. The molecule has 2 aromatic rings. The minimum Gasteiger partial charge on any atom is -0.494 e. The third-order valence-electron chi connectivity index (χ3n) is 2.85. The van der Waals surface area contributed by atoms with Crippen LogP contribution in [0.25, 0.3) is 6.08 Å². The van der Waals surface area contributed by atoms with Gasteiger partial charge in [0.2, 0.25) is 11.0 Å². The Morgan fingerprint density at radius 2 is 2.04 bits per heavy atom. The van der Waals surface area contributed by atoms with E-state index in [0.29, 0.717) is 11.7 Å². The molecule has 1 N–H and O–H groups in total. The molecule has 0 spiro atoms. The fourth-order valence-electron chi connectivity index (χ4n) is 1.72. The van der Waals surface area contributed by atoms with Gasteiger partial charge in [-0.25, -0.2) is 0 Å². The lowest BCUT2D eigenvalue weighted by atomic mass is 10.2. The molecular weight excluding hydrogens is 342 g/mol. The number of amides is 1. The van der Waals surface area contributed by atoms with Gasteiger partial charge in [0.1, 0.15) is 5.75 Å². The molecule has 0 unspecified atom stereocenters. The Morgan fingerprint density at radius 3 is 2.75 bits per heavy atom. The van der Waals surface area contributed by atoms with Crippen LogP contribution in [0.5, 0.6) is 5.75 Å². The monoisotopic (exact) mass is 363 g/mol. The summed E-state index contributed by atoms with van der Waals surface area (Å²) in [6.07, 6.45) is 5.30. The molecule has 2 rings (SSSR count). The van der Waals surface area contributed by atoms with E-state index < -0.39 is 0 Å². The standard InChI is InChI=1S/C17H21N3O2S2/c1-3-11-22-14-8-5-13(6-9-14)7-10-15(21)18-16-19-20-17(24-16)23-12-4-2/h5-10H,3-4,11-12H2,1-2H3,(H,18,19,21)/b10-7+. The lowest BCUT2D eigenvalue weighted by Crippen LogP contribution is -2.07. The molecule has 0 aliphatic rings. The van der Waals surface area contributed by atoms with Gasteiger partial charge >= 0.3 is 0 Å². The van der Waals surface area contributed by atoms with Crippen LogP contribution in [0, 0.1) is 0 Å². The summed E-state index contributed by atoms with van der Waals surface area (Å²) < 4.78 is 6.40. The van der Waals surface area contributed by atoms with Crippen molar-refractivity contribution in [1.82, 2.24) is 10.2 Å². The number of benzene rings is 1. The molecular formula is C17H21N3O2S2. The number of ether oxygens (including phenoxy) is 1. The number of carbonyl (C=O) groups is 1. The Balaban J connectivity index is 1.84. The van der Waals surface area contributed by atoms with Crippen LogP contribution in [0.15, 0.2) is 34.7 Å². The van der Waals surface area contributed by atoms with Gasteiger partial charge in [0.25, 0.3) is 0 Å². The van der Waals surface area contributed by atoms with Gasteiger partial charge in [0.05, 0.1) is 6.61 Å². The molecule has 0 saturated carbocycles. The van der Waals surface area contributed by atoms with Crippen molar-refractivity contribution < 1.29 is 9.53 Å². The second kappa shape index (κ2) is 10.1. The van der Waals surface area contributed by atoms with Crippen molar-refractivity contribution in [3.63, 3.8) is 0 Å². The van der Waals surface area contributed by atoms with E-state index in [-0.39, 0.29) is 5.91 Å². The van der Waals surface area contributed by atoms with Gasteiger partial charge in [-0.3, -0.25) is 10.1 Å². The molecule has 0 atom stereocenters. The fraction of sp³-hybridized carbons (Fsp3) is 0.353. The molecule has 0 aliphatic carbocycles. The number of aromatic nitrogens is 2. The highest BCUT2D eigenvalue weighted by atomic mass is 32.2. The number of carbonyl (C=O) groups excluding carboxylic acids is 1. The molecule has 5 nitrogen and oxygen atoms in total. The molecule has 1 heterocycles. The Hall–Kier alpha value is -1.86. The topological polar surface area (TPSA) is 64.1 Å². The summed E-state index contributed by atoms with van der Waals surface area (Å²) in [5.41, 5.74) is 0.936. The van der Waals surface area contributed by atoms with Crippen molar-refractivity contribution in [2.75, 3.05) is 17.7 Å². The van der Waals surface area contributed by atoms with Gasteiger partial charge in [0.15, 0.2) is 4.34 Å². The number of rotatable bonds is 9. The van der Waals surface area contributed by atoms with Crippen molar-refractivity contribution >= 4 is 40.2 Å². The van der Waals surface area contributed by atoms with E-state index >= 15 is 0 Å². The van der Waals surface area contributed by atoms with Crippen LogP contribution in [-0.2, 0) is 4.79 Å². The summed E-state index contributed by atoms with van der Waals surface area (Å²) in [4.78, 5) is 11.9. The van der Waals surface area contributed by atoms with Crippen molar-refractivity contribution in [3.05, 3.63) is 35.9 Å². The Bertz CT molecular complexity index is 669. The molecule has 0 fully saturated rings. The number of nitrogens with zero attached hydrogens (tertiary/aromatic N) is 2. The average Bonchev–Trinajstić information content (AvgIpc) is 3.04. The molecule has 1 aromatic carbocycles. The smallest absolute Gasteiger partial charge is 0.250 e. The van der Waals surface area contributed by atoms with Crippen molar-refractivity contribution in [2.24, 2.45) is 0 Å². The molecule has 7 heteroatoms. The molecule has 0 radical (unpaired) electrons. The van der Waals surface area contributed by atoms with E-state index in [2.05, 4.69) is 29.4 Å². The zero-order valence-corrected chi connectivity index (χ0v) is 15.5. The second-order valence-corrected chi connectivity index (χ2v) is 7.28. The largest absolute Gasteiger partial charge is 0.494 e. The molecule has 1 amide bonds. The van der Waals surface area contributed by atoms with Crippen molar-refractivity contribution in [2.45, 2.75) is 31.0 Å². The Labute approximate surface area is 150 Å². The maximum Gasteiger partial charge on any atom is 0.250 e. The molecule has 0 saturated heterocycles. The van der Waals surface area contributed by atoms with E-state index in [9.17, 15) is 4.79 Å². The van der Waals surface area contributed by atoms with Crippen molar-refractivity contribution in [3.8, 4) is 5.75 Å². The van der Waals surface area contributed by atoms with Gasteiger partial charge in [0, 0.05) is 11.8 Å². The van der Waals surface area contributed by atoms with E-state index in [1.54, 1.807) is 17.8 Å². The normalized spacial score (nSPS) is 10.9. The van der Waals surface area contributed by atoms with Crippen LogP contribution in [-0.4, -0.2) is 28.5 Å². The second-order valence-electron chi connectivity index (χ2n) is 4.96. The SMILES string of the molecule is CCCOc1ccc(/C=C/C(=O)Nc2nnc(SCCC)s2)cc1. The highest BCUT2D eigenvalue weighted by Crippen LogP contribution is 2.25. The summed E-state index contributed by atoms with van der Waals surface area (Å²) >= 11 is 3.04. The van der Waals surface area contributed by atoms with Gasteiger partial charge < -0.3 is 4.74 Å². The molecule has 1 aromatic heterocycles. The third-order valence-corrected chi connectivity index (χ3v) is 5.02. The highest BCUT2D eigenvalue weighted by Gasteiger charge is 2.06. The zero-order chi connectivity index (χ0) is 17.2. The predicted octanol–water partition coefficient (Wildman–Crippen LogP) is 4.48. The van der Waals surface area contributed by atoms with E-state index in [1.807, 2.05) is 24.3 Å². The maximum atomic E-state index is 11.9. The minimum absolute atomic E-state index is 0.218. The third kappa shape index (κ3) is 6.33. The first-order valence-electron chi connectivity index (χ1n) is 7.89. The first-order chi connectivity index (χ1) is 11.7. The van der Waals surface area contributed by atoms with Crippen LogP contribution in [0.3, 0.4) is 0 Å². The molecule has 24 heavy (non-hydrogen) atoms. The lowest BCUT2D eigenvalue weighted by Gasteiger charge is -2.03. The summed E-state index contributed by atoms with van der Waals surface area (Å²) in [6, 6.07) is 7.63.